The van der Waals surface area contributed by atoms with Crippen LogP contribution in [0, 0.1) is 13.8 Å². The summed E-state index contributed by atoms with van der Waals surface area (Å²) in [5, 5.41) is 0.0870. The van der Waals surface area contributed by atoms with Gasteiger partial charge in [-0.3, -0.25) is 4.21 Å². The van der Waals surface area contributed by atoms with Crippen LogP contribution in [-0.4, -0.2) is 15.3 Å². The smallest absolute Gasteiger partial charge is 0.0336 e. The minimum absolute atomic E-state index is 0.0870. The van der Waals surface area contributed by atoms with Crippen molar-refractivity contribution in [3.05, 3.63) is 29.3 Å². The molecule has 1 aromatic carbocycles. The van der Waals surface area contributed by atoms with Crippen LogP contribution < -0.4 is 0 Å². The van der Waals surface area contributed by atoms with Gasteiger partial charge in [-0.05, 0) is 40.9 Å². The van der Waals surface area contributed by atoms with Gasteiger partial charge in [-0.25, -0.2) is 0 Å². The Morgan fingerprint density at radius 2 is 1.86 bits per heavy atom. The Morgan fingerprint density at radius 1 is 1.29 bits per heavy atom. The quantitative estimate of drug-likeness (QED) is 0.686. The Hall–Kier alpha value is -0.760. The van der Waals surface area contributed by atoms with Gasteiger partial charge in [0.05, 0.1) is 0 Å². The van der Waals surface area contributed by atoms with Crippen LogP contribution in [0.15, 0.2) is 23.1 Å². The topological polar surface area (TPSA) is 17.1 Å². The van der Waals surface area contributed by atoms with Crippen LogP contribution in [0.5, 0.6) is 0 Å². The van der Waals surface area contributed by atoms with E-state index in [2.05, 4.69) is 11.9 Å². The molecule has 1 atom stereocenters. The summed E-state index contributed by atoms with van der Waals surface area (Å²) in [4.78, 5) is 0.901. The standard InChI is InChI=1S/C12H18OS/c1-9(2)14(5,13)12-7-6-10(3)8-11(12)4/h6-9H,5H2,1-4H3. The molecule has 78 valence electrons. The zero-order valence-electron chi connectivity index (χ0n) is 9.33. The van der Waals surface area contributed by atoms with Gasteiger partial charge in [0, 0.05) is 10.1 Å². The van der Waals surface area contributed by atoms with E-state index in [9.17, 15) is 4.21 Å². The Morgan fingerprint density at radius 3 is 2.29 bits per heavy atom. The molecule has 0 aromatic heterocycles. The number of hydrogen-bond donors (Lipinski definition) is 0. The summed E-state index contributed by atoms with van der Waals surface area (Å²) >= 11 is 0. The van der Waals surface area contributed by atoms with Crippen LogP contribution >= 0.6 is 0 Å². The minimum atomic E-state index is -2.12. The van der Waals surface area contributed by atoms with Crippen molar-refractivity contribution in [2.45, 2.75) is 37.8 Å². The summed E-state index contributed by atoms with van der Waals surface area (Å²) in [5.74, 6) is 3.86. The third-order valence-corrected chi connectivity index (χ3v) is 5.19. The van der Waals surface area contributed by atoms with Crippen molar-refractivity contribution < 1.29 is 4.21 Å². The highest BCUT2D eigenvalue weighted by Gasteiger charge is 2.14. The van der Waals surface area contributed by atoms with Crippen molar-refractivity contribution in [2.75, 3.05) is 0 Å². The van der Waals surface area contributed by atoms with Crippen LogP contribution in [0.2, 0.25) is 0 Å². The van der Waals surface area contributed by atoms with Gasteiger partial charge >= 0.3 is 0 Å². The van der Waals surface area contributed by atoms with E-state index in [4.69, 9.17) is 0 Å². The molecule has 0 amide bonds. The molecule has 1 aromatic rings. The summed E-state index contributed by atoms with van der Waals surface area (Å²) < 4.78 is 12.3. The van der Waals surface area contributed by atoms with E-state index in [-0.39, 0.29) is 5.25 Å². The first kappa shape index (κ1) is 11.3. The zero-order valence-corrected chi connectivity index (χ0v) is 10.1. The molecule has 0 saturated carbocycles. The molecule has 0 saturated heterocycles. The SMILES string of the molecule is C=S(=O)(c1ccc(C)cc1C)C(C)C. The van der Waals surface area contributed by atoms with Crippen molar-refractivity contribution >= 4 is 15.4 Å². The van der Waals surface area contributed by atoms with E-state index in [1.54, 1.807) is 0 Å². The second-order valence-corrected chi connectivity index (χ2v) is 6.88. The van der Waals surface area contributed by atoms with Gasteiger partial charge in [0.15, 0.2) is 0 Å². The van der Waals surface area contributed by atoms with Gasteiger partial charge in [-0.2, -0.15) is 0 Å². The molecule has 0 aliphatic carbocycles. The highest BCUT2D eigenvalue weighted by atomic mass is 32.2. The van der Waals surface area contributed by atoms with Gasteiger partial charge in [0.25, 0.3) is 0 Å². The van der Waals surface area contributed by atoms with Gasteiger partial charge in [0.2, 0.25) is 0 Å². The molecular formula is C12H18OS. The molecule has 1 nitrogen and oxygen atoms in total. The van der Waals surface area contributed by atoms with E-state index >= 15 is 0 Å². The Balaban J connectivity index is 3.35. The summed E-state index contributed by atoms with van der Waals surface area (Å²) in [5.41, 5.74) is 2.28. The summed E-state index contributed by atoms with van der Waals surface area (Å²) in [6.45, 7) is 7.94. The monoisotopic (exact) mass is 210 g/mol. The lowest BCUT2D eigenvalue weighted by Gasteiger charge is -2.16. The van der Waals surface area contributed by atoms with Crippen molar-refractivity contribution in [3.8, 4) is 0 Å². The molecule has 1 unspecified atom stereocenters. The summed E-state index contributed by atoms with van der Waals surface area (Å²) in [7, 11) is -2.12. The second kappa shape index (κ2) is 3.77. The maximum Gasteiger partial charge on any atom is 0.0336 e. The summed E-state index contributed by atoms with van der Waals surface area (Å²) in [6, 6.07) is 6.00. The fourth-order valence-electron chi connectivity index (χ4n) is 1.44. The van der Waals surface area contributed by atoms with Crippen LogP contribution in [-0.2, 0) is 9.52 Å². The third kappa shape index (κ3) is 2.01. The zero-order chi connectivity index (χ0) is 10.9. The molecular weight excluding hydrogens is 192 g/mol. The molecule has 0 aliphatic rings. The largest absolute Gasteiger partial charge is 0.263 e. The van der Waals surface area contributed by atoms with Crippen LogP contribution in [0.4, 0.5) is 0 Å². The molecule has 0 radical (unpaired) electrons. The van der Waals surface area contributed by atoms with E-state index in [1.807, 2.05) is 39.8 Å². The van der Waals surface area contributed by atoms with Crippen molar-refractivity contribution in [1.29, 1.82) is 0 Å². The molecule has 0 heterocycles. The van der Waals surface area contributed by atoms with Crippen LogP contribution in [0.1, 0.15) is 25.0 Å². The van der Waals surface area contributed by atoms with Gasteiger partial charge in [-0.15, -0.1) is 0 Å². The molecule has 1 rings (SSSR count). The number of benzene rings is 1. The van der Waals surface area contributed by atoms with Crippen LogP contribution in [0.25, 0.3) is 0 Å². The maximum absolute atomic E-state index is 12.3. The molecule has 0 N–H and O–H groups in total. The molecule has 2 heteroatoms. The van der Waals surface area contributed by atoms with Crippen molar-refractivity contribution in [3.63, 3.8) is 0 Å². The van der Waals surface area contributed by atoms with Crippen molar-refractivity contribution in [1.82, 2.24) is 0 Å². The predicted octanol–water partition coefficient (Wildman–Crippen LogP) is 2.79. The van der Waals surface area contributed by atoms with Gasteiger partial charge < -0.3 is 0 Å². The van der Waals surface area contributed by atoms with Gasteiger partial charge in [-0.1, -0.05) is 31.5 Å². The molecule has 0 spiro atoms. The van der Waals surface area contributed by atoms with Crippen molar-refractivity contribution in [2.24, 2.45) is 0 Å². The highest BCUT2D eigenvalue weighted by Crippen LogP contribution is 2.20. The first-order valence-electron chi connectivity index (χ1n) is 4.79. The Bertz CT molecular complexity index is 428. The van der Waals surface area contributed by atoms with E-state index < -0.39 is 9.52 Å². The van der Waals surface area contributed by atoms with E-state index in [1.165, 1.54) is 5.56 Å². The molecule has 14 heavy (non-hydrogen) atoms. The Labute approximate surface area is 87.2 Å². The number of hydrogen-bond acceptors (Lipinski definition) is 1. The van der Waals surface area contributed by atoms with E-state index in [0.29, 0.717) is 0 Å². The first-order chi connectivity index (χ1) is 6.35. The molecule has 0 fully saturated rings. The summed E-state index contributed by atoms with van der Waals surface area (Å²) in [6.07, 6.45) is 0. The van der Waals surface area contributed by atoms with Gasteiger partial charge in [0.1, 0.15) is 0 Å². The molecule has 0 aliphatic heterocycles. The van der Waals surface area contributed by atoms with Crippen LogP contribution in [0.3, 0.4) is 0 Å². The maximum atomic E-state index is 12.3. The first-order valence-corrected chi connectivity index (χ1v) is 6.58. The second-order valence-electron chi connectivity index (χ2n) is 4.04. The van der Waals surface area contributed by atoms with E-state index in [0.717, 1.165) is 10.5 Å². The lowest BCUT2D eigenvalue weighted by atomic mass is 10.2. The minimum Gasteiger partial charge on any atom is -0.263 e. The Kier molecular flexibility index (Phi) is 3.05. The highest BCUT2D eigenvalue weighted by molar-refractivity contribution is 8.00. The average molecular weight is 210 g/mol. The lowest BCUT2D eigenvalue weighted by Crippen LogP contribution is -2.14. The normalized spacial score (nSPS) is 15.5. The molecule has 0 bridgehead atoms. The third-order valence-electron chi connectivity index (χ3n) is 2.46. The number of rotatable bonds is 2. The predicted molar refractivity (Wildman–Crippen MR) is 64.6 cm³/mol. The average Bonchev–Trinajstić information content (AvgIpc) is 2.02. The lowest BCUT2D eigenvalue weighted by molar-refractivity contribution is 0.674. The fraction of sp³-hybridized carbons (Fsp3) is 0.417. The number of aryl methyl sites for hydroxylation is 2. The fourth-order valence-corrected chi connectivity index (χ4v) is 2.85.